The van der Waals surface area contributed by atoms with Crippen LogP contribution in [-0.2, 0) is 6.54 Å². The molecule has 1 unspecified atom stereocenters. The van der Waals surface area contributed by atoms with Crippen molar-refractivity contribution in [1.29, 1.82) is 0 Å². The summed E-state index contributed by atoms with van der Waals surface area (Å²) in [6.45, 7) is 5.38. The fraction of sp³-hybridized carbons (Fsp3) is 0.176. The second-order valence-electron chi connectivity index (χ2n) is 9.89. The highest BCUT2D eigenvalue weighted by Crippen LogP contribution is 2.54. The van der Waals surface area contributed by atoms with Gasteiger partial charge in [-0.15, -0.1) is 0 Å². The molecule has 0 amide bonds. The molecule has 0 N–H and O–H groups in total. The molecule has 1 aromatic heterocycles. The first kappa shape index (κ1) is 25.9. The normalized spacial score (nSPS) is 13.1. The van der Waals surface area contributed by atoms with Crippen LogP contribution in [0.5, 0.6) is 5.75 Å². The molecule has 0 spiro atoms. The second-order valence-corrected chi connectivity index (χ2v) is 13.6. The van der Waals surface area contributed by atoms with Gasteiger partial charge in [0.15, 0.2) is 7.28 Å². The summed E-state index contributed by atoms with van der Waals surface area (Å²) in [4.78, 5) is 0. The van der Waals surface area contributed by atoms with Crippen LogP contribution in [0.15, 0.2) is 118 Å². The molecule has 6 rings (SSSR count). The zero-order valence-electron chi connectivity index (χ0n) is 22.3. The third-order valence-electron chi connectivity index (χ3n) is 7.40. The third kappa shape index (κ3) is 4.93. The maximum absolute atomic E-state index is 7.11. The number of unbranched alkanes of at least 4 members (excludes halogenated alkanes) is 1. The van der Waals surface area contributed by atoms with E-state index in [4.69, 9.17) is 9.27 Å². The van der Waals surface area contributed by atoms with Crippen molar-refractivity contribution >= 4 is 66.8 Å². The van der Waals surface area contributed by atoms with Gasteiger partial charge in [-0.25, -0.2) is 4.74 Å². The molecular weight excluding hydrogens is 563 g/mol. The van der Waals surface area contributed by atoms with Gasteiger partial charge in [0.05, 0.1) is 5.69 Å². The molecule has 196 valence electrons. The number of benzene rings is 5. The molecule has 0 aliphatic carbocycles. The van der Waals surface area contributed by atoms with E-state index >= 15 is 0 Å². The minimum Gasteiger partial charge on any atom is -0.456 e. The minimum absolute atomic E-state index is 0.850. The van der Waals surface area contributed by atoms with Crippen LogP contribution in [0.2, 0.25) is 0 Å². The van der Waals surface area contributed by atoms with Gasteiger partial charge in [0.25, 0.3) is 0 Å². The van der Waals surface area contributed by atoms with Crippen LogP contribution < -0.4 is 9.83 Å². The van der Waals surface area contributed by atoms with Crippen LogP contribution in [0.3, 0.4) is 0 Å². The lowest BCUT2D eigenvalue weighted by molar-refractivity contribution is 0.607. The zero-order chi connectivity index (χ0) is 26.8. The molecule has 39 heavy (non-hydrogen) atoms. The van der Waals surface area contributed by atoms with Gasteiger partial charge in [0, 0.05) is 49.7 Å². The van der Waals surface area contributed by atoms with Gasteiger partial charge in [0.2, 0.25) is 0 Å². The zero-order valence-corrected chi connectivity index (χ0v) is 24.8. The van der Waals surface area contributed by atoms with Gasteiger partial charge in [-0.05, 0) is 73.3 Å². The Bertz CT molecular complexity index is 1830. The Labute approximate surface area is 238 Å². The number of aryl methyl sites for hydroxylation is 1. The molecule has 0 saturated carbocycles. The SMILES string of the molecule is CCCCP(=Nc1cccc2ccccc12)(Oc1ccc(Br)cc1)c1ccc2c(c1)c1ccccc1n2CC. The topological polar surface area (TPSA) is 26.5 Å². The van der Waals surface area contributed by atoms with Crippen molar-refractivity contribution in [3.05, 3.63) is 114 Å². The Morgan fingerprint density at radius 2 is 1.46 bits per heavy atom. The van der Waals surface area contributed by atoms with Crippen molar-refractivity contribution in [3.63, 3.8) is 0 Å². The van der Waals surface area contributed by atoms with Gasteiger partial charge in [-0.3, -0.25) is 0 Å². The fourth-order valence-corrected chi connectivity index (χ4v) is 8.82. The lowest BCUT2D eigenvalue weighted by atomic mass is 10.1. The number of hydrogen-bond acceptors (Lipinski definition) is 2. The van der Waals surface area contributed by atoms with Crippen LogP contribution >= 0.6 is 23.2 Å². The van der Waals surface area contributed by atoms with Crippen LogP contribution in [0, 0.1) is 0 Å². The predicted octanol–water partition coefficient (Wildman–Crippen LogP) is 10.7. The first-order valence-electron chi connectivity index (χ1n) is 13.7. The van der Waals surface area contributed by atoms with Crippen LogP contribution in [0.1, 0.15) is 26.7 Å². The minimum atomic E-state index is -2.51. The smallest absolute Gasteiger partial charge is 0.168 e. The highest BCUT2D eigenvalue weighted by Gasteiger charge is 2.27. The van der Waals surface area contributed by atoms with Crippen molar-refractivity contribution in [2.45, 2.75) is 33.2 Å². The summed E-state index contributed by atoms with van der Waals surface area (Å²) < 4.78 is 16.2. The van der Waals surface area contributed by atoms with E-state index in [1.807, 2.05) is 24.3 Å². The van der Waals surface area contributed by atoms with Gasteiger partial charge < -0.3 is 9.09 Å². The second kappa shape index (κ2) is 11.0. The summed E-state index contributed by atoms with van der Waals surface area (Å²) in [5.41, 5.74) is 3.51. The summed E-state index contributed by atoms with van der Waals surface area (Å²) in [5, 5.41) is 6.07. The summed E-state index contributed by atoms with van der Waals surface area (Å²) in [5.74, 6) is 0.850. The number of aromatic nitrogens is 1. The van der Waals surface area contributed by atoms with E-state index in [0.717, 1.165) is 46.8 Å². The lowest BCUT2D eigenvalue weighted by Gasteiger charge is -2.27. The van der Waals surface area contributed by atoms with E-state index in [-0.39, 0.29) is 0 Å². The van der Waals surface area contributed by atoms with Crippen molar-refractivity contribution in [1.82, 2.24) is 4.57 Å². The largest absolute Gasteiger partial charge is 0.456 e. The molecule has 1 heterocycles. The van der Waals surface area contributed by atoms with Crippen LogP contribution in [0.25, 0.3) is 32.6 Å². The summed E-state index contributed by atoms with van der Waals surface area (Å²) >= 11 is 3.58. The molecule has 0 radical (unpaired) electrons. The average molecular weight is 596 g/mol. The van der Waals surface area contributed by atoms with Crippen LogP contribution in [-0.4, -0.2) is 10.7 Å². The van der Waals surface area contributed by atoms with Crippen LogP contribution in [0.4, 0.5) is 5.69 Å². The van der Waals surface area contributed by atoms with E-state index in [1.54, 1.807) is 0 Å². The summed E-state index contributed by atoms with van der Waals surface area (Å²) in [7, 11) is -2.51. The molecular formula is C34H32BrN2OP. The molecule has 3 nitrogen and oxygen atoms in total. The number of para-hydroxylation sites is 1. The van der Waals surface area contributed by atoms with Crippen molar-refractivity contribution in [3.8, 4) is 5.75 Å². The Balaban J connectivity index is 1.66. The number of hydrogen-bond donors (Lipinski definition) is 0. The van der Waals surface area contributed by atoms with Crippen molar-refractivity contribution < 1.29 is 4.52 Å². The Hall–Kier alpha value is -3.33. The quantitative estimate of drug-likeness (QED) is 0.161. The van der Waals surface area contributed by atoms with Crippen molar-refractivity contribution in [2.24, 2.45) is 4.74 Å². The molecule has 0 bridgehead atoms. The van der Waals surface area contributed by atoms with E-state index in [2.05, 4.69) is 119 Å². The predicted molar refractivity (Wildman–Crippen MR) is 172 cm³/mol. The van der Waals surface area contributed by atoms with Gasteiger partial charge >= 0.3 is 0 Å². The maximum Gasteiger partial charge on any atom is 0.168 e. The fourth-order valence-electron chi connectivity index (χ4n) is 5.47. The van der Waals surface area contributed by atoms with Crippen molar-refractivity contribution in [2.75, 3.05) is 6.16 Å². The average Bonchev–Trinajstić information content (AvgIpc) is 3.30. The molecule has 5 aromatic carbocycles. The van der Waals surface area contributed by atoms with Gasteiger partial charge in [0.1, 0.15) is 5.75 Å². The van der Waals surface area contributed by atoms with Gasteiger partial charge in [-0.1, -0.05) is 83.9 Å². The highest BCUT2D eigenvalue weighted by atomic mass is 79.9. The Morgan fingerprint density at radius 1 is 0.744 bits per heavy atom. The molecule has 1 atom stereocenters. The van der Waals surface area contributed by atoms with E-state index in [0.29, 0.717) is 0 Å². The number of nitrogens with zero attached hydrogens (tertiary/aromatic N) is 2. The van der Waals surface area contributed by atoms with Gasteiger partial charge in [-0.2, -0.15) is 0 Å². The molecule has 5 heteroatoms. The highest BCUT2D eigenvalue weighted by molar-refractivity contribution is 9.10. The Morgan fingerprint density at radius 3 is 2.26 bits per heavy atom. The van der Waals surface area contributed by atoms with E-state index in [1.165, 1.54) is 32.5 Å². The van der Waals surface area contributed by atoms with E-state index in [9.17, 15) is 0 Å². The van der Waals surface area contributed by atoms with E-state index < -0.39 is 7.28 Å². The summed E-state index contributed by atoms with van der Waals surface area (Å²) in [6, 6.07) is 38.7. The molecule has 0 aliphatic heterocycles. The number of fused-ring (bicyclic) bond motifs is 4. The summed E-state index contributed by atoms with van der Waals surface area (Å²) in [6.07, 6.45) is 2.99. The third-order valence-corrected chi connectivity index (χ3v) is 11.0. The standard InChI is InChI=1S/C34H32BrN2OP/c1-3-5-23-39(38-27-19-17-26(35)18-20-27,36-32-15-10-12-25-11-6-7-13-29(25)32)28-21-22-34-31(24-28)30-14-8-9-16-33(30)37(34)4-2/h6-22,24H,3-5,23H2,1-2H3. The molecule has 6 aromatic rings. The molecule has 0 aliphatic rings. The number of rotatable bonds is 8. The maximum atomic E-state index is 7.11. The first-order chi connectivity index (χ1) is 19.1. The first-order valence-corrected chi connectivity index (χ1v) is 16.3. The molecule has 0 saturated heterocycles. The number of halogens is 1. The Kier molecular flexibility index (Phi) is 7.34. The monoisotopic (exact) mass is 594 g/mol. The lowest BCUT2D eigenvalue weighted by Crippen LogP contribution is -2.13. The molecule has 0 fully saturated rings.